The minimum absolute atomic E-state index is 0.262. The zero-order valence-corrected chi connectivity index (χ0v) is 10.4. The van der Waals surface area contributed by atoms with Crippen LogP contribution in [0.4, 0.5) is 0 Å². The monoisotopic (exact) mass is 238 g/mol. The molecule has 1 aromatic heterocycles. The van der Waals surface area contributed by atoms with Crippen molar-refractivity contribution in [1.82, 2.24) is 4.90 Å². The number of hydrogen-bond acceptors (Lipinski definition) is 3. The van der Waals surface area contributed by atoms with Crippen molar-refractivity contribution in [3.05, 3.63) is 22.4 Å². The van der Waals surface area contributed by atoms with Gasteiger partial charge in [0.1, 0.15) is 0 Å². The lowest BCUT2D eigenvalue weighted by Crippen LogP contribution is -2.36. The summed E-state index contributed by atoms with van der Waals surface area (Å²) in [7, 11) is 0. The number of carbonyl (C=O) groups is 1. The van der Waals surface area contributed by atoms with Crippen molar-refractivity contribution in [3.8, 4) is 0 Å². The van der Waals surface area contributed by atoms with Crippen molar-refractivity contribution in [1.29, 1.82) is 0 Å². The molecule has 3 nitrogen and oxygen atoms in total. The van der Waals surface area contributed by atoms with Crippen LogP contribution in [0, 0.1) is 5.92 Å². The zero-order chi connectivity index (χ0) is 11.5. The molecule has 1 aliphatic heterocycles. The maximum atomic E-state index is 11.8. The summed E-state index contributed by atoms with van der Waals surface area (Å²) in [5.41, 5.74) is 6.94. The number of thiophene rings is 1. The van der Waals surface area contributed by atoms with Gasteiger partial charge >= 0.3 is 0 Å². The molecule has 0 saturated carbocycles. The SMILES string of the molecule is CC(Cc1ccsc1)N1CC(CN)CC1=O. The molecule has 0 aromatic carbocycles. The Balaban J connectivity index is 1.95. The van der Waals surface area contributed by atoms with Gasteiger partial charge in [-0.2, -0.15) is 11.3 Å². The van der Waals surface area contributed by atoms with Crippen LogP contribution < -0.4 is 5.73 Å². The van der Waals surface area contributed by atoms with E-state index in [1.807, 2.05) is 4.90 Å². The lowest BCUT2D eigenvalue weighted by atomic mass is 10.1. The quantitative estimate of drug-likeness (QED) is 0.864. The van der Waals surface area contributed by atoms with E-state index >= 15 is 0 Å². The molecule has 16 heavy (non-hydrogen) atoms. The summed E-state index contributed by atoms with van der Waals surface area (Å²) in [4.78, 5) is 13.8. The first-order valence-corrected chi connectivity index (χ1v) is 6.65. The topological polar surface area (TPSA) is 46.3 Å². The third-order valence-electron chi connectivity index (χ3n) is 3.22. The van der Waals surface area contributed by atoms with Crippen molar-refractivity contribution >= 4 is 17.2 Å². The molecule has 0 bridgehead atoms. The molecule has 1 aromatic rings. The molecule has 4 heteroatoms. The van der Waals surface area contributed by atoms with Gasteiger partial charge in [-0.05, 0) is 48.2 Å². The smallest absolute Gasteiger partial charge is 0.223 e. The van der Waals surface area contributed by atoms with Crippen LogP contribution in [0.2, 0.25) is 0 Å². The molecule has 0 spiro atoms. The third-order valence-corrected chi connectivity index (χ3v) is 3.95. The molecule has 2 atom stereocenters. The zero-order valence-electron chi connectivity index (χ0n) is 9.56. The summed E-state index contributed by atoms with van der Waals surface area (Å²) in [5.74, 6) is 0.621. The van der Waals surface area contributed by atoms with Crippen LogP contribution in [0.25, 0.3) is 0 Å². The highest BCUT2D eigenvalue weighted by Gasteiger charge is 2.31. The predicted molar refractivity (Wildman–Crippen MR) is 66.4 cm³/mol. The molecular formula is C12H18N2OS. The first-order chi connectivity index (χ1) is 7.70. The van der Waals surface area contributed by atoms with Gasteiger partial charge in [-0.15, -0.1) is 0 Å². The molecule has 0 radical (unpaired) electrons. The van der Waals surface area contributed by atoms with E-state index in [0.717, 1.165) is 13.0 Å². The largest absolute Gasteiger partial charge is 0.339 e. The van der Waals surface area contributed by atoms with Crippen LogP contribution in [0.1, 0.15) is 18.9 Å². The van der Waals surface area contributed by atoms with Crippen molar-refractivity contribution in [2.75, 3.05) is 13.1 Å². The van der Waals surface area contributed by atoms with Gasteiger partial charge in [0.05, 0.1) is 0 Å². The predicted octanol–water partition coefficient (Wildman–Crippen LogP) is 1.49. The molecule has 88 valence electrons. The maximum absolute atomic E-state index is 11.8. The minimum Gasteiger partial charge on any atom is -0.339 e. The van der Waals surface area contributed by atoms with Gasteiger partial charge in [-0.3, -0.25) is 4.79 Å². The first-order valence-electron chi connectivity index (χ1n) is 5.71. The maximum Gasteiger partial charge on any atom is 0.223 e. The third kappa shape index (κ3) is 2.44. The normalized spacial score (nSPS) is 22.8. The fraction of sp³-hybridized carbons (Fsp3) is 0.583. The van der Waals surface area contributed by atoms with E-state index in [-0.39, 0.29) is 5.91 Å². The average Bonchev–Trinajstić information content (AvgIpc) is 2.87. The van der Waals surface area contributed by atoms with Crippen LogP contribution in [0.5, 0.6) is 0 Å². The summed E-state index contributed by atoms with van der Waals surface area (Å²) in [6, 6.07) is 2.42. The minimum atomic E-state index is 0.262. The highest BCUT2D eigenvalue weighted by atomic mass is 32.1. The fourth-order valence-electron chi connectivity index (χ4n) is 2.25. The standard InChI is InChI=1S/C12H18N2OS/c1-9(4-10-2-3-16-8-10)14-7-11(6-13)5-12(14)15/h2-3,8-9,11H,4-7,13H2,1H3. The second-order valence-electron chi connectivity index (χ2n) is 4.54. The highest BCUT2D eigenvalue weighted by molar-refractivity contribution is 7.07. The molecule has 0 aliphatic carbocycles. The van der Waals surface area contributed by atoms with Gasteiger partial charge in [0.15, 0.2) is 0 Å². The number of likely N-dealkylation sites (tertiary alicyclic amines) is 1. The summed E-state index contributed by atoms with van der Waals surface area (Å²) in [5, 5.41) is 4.23. The van der Waals surface area contributed by atoms with Crippen molar-refractivity contribution in [2.24, 2.45) is 11.7 Å². The van der Waals surface area contributed by atoms with E-state index in [0.29, 0.717) is 24.9 Å². The van der Waals surface area contributed by atoms with E-state index in [1.54, 1.807) is 11.3 Å². The van der Waals surface area contributed by atoms with Gasteiger partial charge in [-0.25, -0.2) is 0 Å². The van der Waals surface area contributed by atoms with Crippen LogP contribution in [-0.2, 0) is 11.2 Å². The van der Waals surface area contributed by atoms with E-state index < -0.39 is 0 Å². The number of carbonyl (C=O) groups excluding carboxylic acids is 1. The molecule has 2 unspecified atom stereocenters. The second-order valence-corrected chi connectivity index (χ2v) is 5.32. The number of rotatable bonds is 4. The number of amides is 1. The average molecular weight is 238 g/mol. The Morgan fingerprint density at radius 1 is 1.69 bits per heavy atom. The number of nitrogens with zero attached hydrogens (tertiary/aromatic N) is 1. The highest BCUT2D eigenvalue weighted by Crippen LogP contribution is 2.21. The van der Waals surface area contributed by atoms with Gasteiger partial charge < -0.3 is 10.6 Å². The Kier molecular flexibility index (Phi) is 3.61. The first kappa shape index (κ1) is 11.6. The van der Waals surface area contributed by atoms with Gasteiger partial charge in [-0.1, -0.05) is 0 Å². The molecule has 1 saturated heterocycles. The van der Waals surface area contributed by atoms with Crippen LogP contribution in [0.3, 0.4) is 0 Å². The Hall–Kier alpha value is -0.870. The van der Waals surface area contributed by atoms with E-state index in [2.05, 4.69) is 23.8 Å². The molecule has 1 aliphatic rings. The summed E-state index contributed by atoms with van der Waals surface area (Å²) in [6.07, 6.45) is 1.58. The van der Waals surface area contributed by atoms with Gasteiger partial charge in [0, 0.05) is 19.0 Å². The van der Waals surface area contributed by atoms with E-state index in [1.165, 1.54) is 5.56 Å². The van der Waals surface area contributed by atoms with E-state index in [9.17, 15) is 4.79 Å². The molecular weight excluding hydrogens is 220 g/mol. The summed E-state index contributed by atoms with van der Waals surface area (Å²) in [6.45, 7) is 3.57. The molecule has 1 fully saturated rings. The Labute approximate surface area is 100 Å². The summed E-state index contributed by atoms with van der Waals surface area (Å²) < 4.78 is 0. The van der Waals surface area contributed by atoms with Crippen molar-refractivity contribution in [3.63, 3.8) is 0 Å². The lowest BCUT2D eigenvalue weighted by molar-refractivity contribution is -0.129. The fourth-order valence-corrected chi connectivity index (χ4v) is 2.93. The van der Waals surface area contributed by atoms with Crippen molar-refractivity contribution in [2.45, 2.75) is 25.8 Å². The summed E-state index contributed by atoms with van der Waals surface area (Å²) >= 11 is 1.71. The molecule has 1 amide bonds. The van der Waals surface area contributed by atoms with Crippen molar-refractivity contribution < 1.29 is 4.79 Å². The number of hydrogen-bond donors (Lipinski definition) is 1. The van der Waals surface area contributed by atoms with Gasteiger partial charge in [0.2, 0.25) is 5.91 Å². The van der Waals surface area contributed by atoms with Crippen LogP contribution in [-0.4, -0.2) is 29.9 Å². The lowest BCUT2D eigenvalue weighted by Gasteiger charge is -2.24. The molecule has 2 heterocycles. The van der Waals surface area contributed by atoms with Crippen LogP contribution in [0.15, 0.2) is 16.8 Å². The van der Waals surface area contributed by atoms with Gasteiger partial charge in [0.25, 0.3) is 0 Å². The van der Waals surface area contributed by atoms with Crippen LogP contribution >= 0.6 is 11.3 Å². The second kappa shape index (κ2) is 4.97. The molecule has 2 N–H and O–H groups in total. The Morgan fingerprint density at radius 2 is 2.50 bits per heavy atom. The number of nitrogens with two attached hydrogens (primary N) is 1. The molecule has 2 rings (SSSR count). The Bertz CT molecular complexity index is 350. The Morgan fingerprint density at radius 3 is 3.06 bits per heavy atom. The van der Waals surface area contributed by atoms with E-state index in [4.69, 9.17) is 5.73 Å².